The average Bonchev–Trinajstić information content (AvgIpc) is 2.88. The Labute approximate surface area is 221 Å². The third-order valence-electron chi connectivity index (χ3n) is 5.28. The van der Waals surface area contributed by atoms with E-state index >= 15 is 0 Å². The van der Waals surface area contributed by atoms with Crippen molar-refractivity contribution in [1.29, 1.82) is 0 Å². The number of hydrogen-bond donors (Lipinski definition) is 2. The van der Waals surface area contributed by atoms with Gasteiger partial charge in [-0.05, 0) is 40.3 Å². The quantitative estimate of drug-likeness (QED) is 0.231. The molecule has 2 N–H and O–H groups in total. The molecule has 0 aliphatic carbocycles. The van der Waals surface area contributed by atoms with Gasteiger partial charge in [0.05, 0.1) is 28.5 Å². The summed E-state index contributed by atoms with van der Waals surface area (Å²) in [6, 6.07) is 12.5. The lowest BCUT2D eigenvalue weighted by Gasteiger charge is -2.46. The van der Waals surface area contributed by atoms with Crippen LogP contribution in [0, 0.1) is 3.57 Å². The van der Waals surface area contributed by atoms with Crippen molar-refractivity contribution in [2.75, 3.05) is 39.2 Å². The fraction of sp³-hybridized carbons (Fsp3) is 0.417. The Balaban J connectivity index is 2.00. The van der Waals surface area contributed by atoms with E-state index in [0.29, 0.717) is 15.0 Å². The van der Waals surface area contributed by atoms with Crippen LogP contribution in [-0.2, 0) is 35.2 Å². The molecule has 0 spiro atoms. The van der Waals surface area contributed by atoms with Crippen molar-refractivity contribution in [3.8, 4) is 5.75 Å². The first-order chi connectivity index (χ1) is 17.2. The third kappa shape index (κ3) is 6.63. The van der Waals surface area contributed by atoms with Crippen LogP contribution in [-0.4, -0.2) is 74.3 Å². The minimum atomic E-state index is -1.99. The number of carbonyl (C=O) groups excluding carboxylic acids is 2. The summed E-state index contributed by atoms with van der Waals surface area (Å²) >= 11 is 2.03. The van der Waals surface area contributed by atoms with Gasteiger partial charge in [0.15, 0.2) is 6.61 Å². The zero-order chi connectivity index (χ0) is 26.3. The highest BCUT2D eigenvalue weighted by Gasteiger charge is 2.52. The number of aliphatic hydroxyl groups is 2. The summed E-state index contributed by atoms with van der Waals surface area (Å²) in [5, 5.41) is 22.7. The Kier molecular flexibility index (Phi) is 9.87. The number of methoxy groups -OCH3 is 2. The van der Waals surface area contributed by atoms with Crippen molar-refractivity contribution in [2.24, 2.45) is 0 Å². The Morgan fingerprint density at radius 1 is 1.19 bits per heavy atom. The molecule has 0 unspecified atom stereocenters. The molecule has 0 amide bonds. The van der Waals surface area contributed by atoms with Crippen molar-refractivity contribution < 1.29 is 48.3 Å². The number of ether oxygens (including phenoxy) is 5. The van der Waals surface area contributed by atoms with E-state index in [2.05, 4.69) is 0 Å². The lowest BCUT2D eigenvalue weighted by molar-refractivity contribution is -0.352. The molecule has 1 saturated heterocycles. The SMILES string of the molecule is COCO[C@]1(COC(C)=O)ON(c2cc(C(=O)OC)cc(OCc3ccccc3)c2I)C[C@@H](O)[C@H]1O. The van der Waals surface area contributed by atoms with Crippen LogP contribution in [0.15, 0.2) is 42.5 Å². The molecule has 0 saturated carbocycles. The van der Waals surface area contributed by atoms with E-state index in [9.17, 15) is 19.8 Å². The van der Waals surface area contributed by atoms with Crippen molar-refractivity contribution in [3.05, 3.63) is 57.2 Å². The fourth-order valence-electron chi connectivity index (χ4n) is 3.45. The molecule has 0 radical (unpaired) electrons. The highest BCUT2D eigenvalue weighted by atomic mass is 127. The molecular weight excluding hydrogens is 589 g/mol. The van der Waals surface area contributed by atoms with Crippen LogP contribution in [0.1, 0.15) is 22.8 Å². The maximum absolute atomic E-state index is 12.4. The summed E-state index contributed by atoms with van der Waals surface area (Å²) in [6.07, 6.45) is -2.96. The normalized spacial score (nSPS) is 21.7. The molecule has 3 atom stereocenters. The Hall–Kier alpha value is -2.49. The second kappa shape index (κ2) is 12.7. The smallest absolute Gasteiger partial charge is 0.338 e. The zero-order valence-electron chi connectivity index (χ0n) is 20.0. The molecule has 196 valence electrons. The van der Waals surface area contributed by atoms with Crippen LogP contribution >= 0.6 is 22.6 Å². The number of halogens is 1. The lowest BCUT2D eigenvalue weighted by Crippen LogP contribution is -2.65. The molecule has 0 bridgehead atoms. The number of esters is 2. The molecule has 2 aromatic carbocycles. The van der Waals surface area contributed by atoms with Gasteiger partial charge in [0, 0.05) is 14.0 Å². The van der Waals surface area contributed by atoms with Gasteiger partial charge in [-0.15, -0.1) is 0 Å². The molecule has 12 heteroatoms. The number of aliphatic hydroxyl groups excluding tert-OH is 2. The Bertz CT molecular complexity index is 1050. The van der Waals surface area contributed by atoms with Crippen molar-refractivity contribution in [3.63, 3.8) is 0 Å². The van der Waals surface area contributed by atoms with Gasteiger partial charge in [0.25, 0.3) is 5.79 Å². The number of β-amino-alcohol motifs (C(OH)–C–C–N with tert-alkyl or cyclic N) is 1. The highest BCUT2D eigenvalue weighted by molar-refractivity contribution is 14.1. The van der Waals surface area contributed by atoms with E-state index in [-0.39, 0.29) is 25.5 Å². The van der Waals surface area contributed by atoms with Gasteiger partial charge in [0.1, 0.15) is 31.4 Å². The monoisotopic (exact) mass is 617 g/mol. The Morgan fingerprint density at radius 2 is 1.92 bits per heavy atom. The number of hydroxylamine groups is 1. The summed E-state index contributed by atoms with van der Waals surface area (Å²) in [7, 11) is 2.62. The standard InChI is InChI=1S/C24H28INO10/c1-15(27)34-13-24(35-14-31-2)22(29)19(28)11-26(36-24)18-9-17(23(30)32-3)10-20(21(18)25)33-12-16-7-5-4-6-8-16/h4-10,19,22,28-29H,11-14H2,1-3H3/t19-,22-,24-/m1/s1. The molecule has 0 aromatic heterocycles. The first-order valence-corrected chi connectivity index (χ1v) is 12.0. The van der Waals surface area contributed by atoms with Crippen LogP contribution in [0.4, 0.5) is 5.69 Å². The summed E-state index contributed by atoms with van der Waals surface area (Å²) < 4.78 is 27.0. The number of rotatable bonds is 10. The van der Waals surface area contributed by atoms with Crippen LogP contribution in [0.2, 0.25) is 0 Å². The third-order valence-corrected chi connectivity index (χ3v) is 6.36. The average molecular weight is 617 g/mol. The molecule has 1 fully saturated rings. The van der Waals surface area contributed by atoms with Gasteiger partial charge >= 0.3 is 11.9 Å². The topological polar surface area (TPSA) is 133 Å². The van der Waals surface area contributed by atoms with E-state index in [1.807, 2.05) is 52.9 Å². The number of hydrogen-bond acceptors (Lipinski definition) is 11. The Morgan fingerprint density at radius 3 is 2.56 bits per heavy atom. The van der Waals surface area contributed by atoms with E-state index in [1.165, 1.54) is 32.3 Å². The predicted octanol–water partition coefficient (Wildman–Crippen LogP) is 2.01. The van der Waals surface area contributed by atoms with Gasteiger partial charge in [-0.3, -0.25) is 4.79 Å². The second-order valence-corrected chi connectivity index (χ2v) is 8.96. The summed E-state index contributed by atoms with van der Waals surface area (Å²) in [6.45, 7) is 0.357. The van der Waals surface area contributed by atoms with E-state index in [0.717, 1.165) is 5.56 Å². The van der Waals surface area contributed by atoms with E-state index < -0.39 is 36.5 Å². The molecule has 36 heavy (non-hydrogen) atoms. The number of benzene rings is 2. The first kappa shape index (κ1) is 28.1. The molecule has 1 aliphatic heterocycles. The number of carbonyl (C=O) groups is 2. The maximum Gasteiger partial charge on any atom is 0.338 e. The molecule has 1 aliphatic rings. The van der Waals surface area contributed by atoms with Crippen LogP contribution < -0.4 is 9.80 Å². The lowest BCUT2D eigenvalue weighted by atomic mass is 10.0. The van der Waals surface area contributed by atoms with Gasteiger partial charge < -0.3 is 33.9 Å². The molecule has 11 nitrogen and oxygen atoms in total. The molecular formula is C24H28INO10. The van der Waals surface area contributed by atoms with E-state index in [4.69, 9.17) is 28.5 Å². The first-order valence-electron chi connectivity index (χ1n) is 10.9. The van der Waals surface area contributed by atoms with Crippen molar-refractivity contribution >= 4 is 40.2 Å². The van der Waals surface area contributed by atoms with E-state index in [1.54, 1.807) is 6.07 Å². The minimum Gasteiger partial charge on any atom is -0.488 e. The maximum atomic E-state index is 12.4. The fourth-order valence-corrected chi connectivity index (χ4v) is 4.19. The largest absolute Gasteiger partial charge is 0.488 e. The second-order valence-electron chi connectivity index (χ2n) is 7.88. The summed E-state index contributed by atoms with van der Waals surface area (Å²) in [4.78, 5) is 29.9. The van der Waals surface area contributed by atoms with Gasteiger partial charge in [-0.25, -0.2) is 14.7 Å². The van der Waals surface area contributed by atoms with Gasteiger partial charge in [0.2, 0.25) is 0 Å². The van der Waals surface area contributed by atoms with Crippen molar-refractivity contribution in [2.45, 2.75) is 31.5 Å². The summed E-state index contributed by atoms with van der Waals surface area (Å²) in [5.74, 6) is -2.88. The molecule has 3 rings (SSSR count). The summed E-state index contributed by atoms with van der Waals surface area (Å²) in [5.41, 5.74) is 1.42. The van der Waals surface area contributed by atoms with Crippen molar-refractivity contribution in [1.82, 2.24) is 0 Å². The van der Waals surface area contributed by atoms with Crippen LogP contribution in [0.25, 0.3) is 0 Å². The molecule has 2 aromatic rings. The number of anilines is 1. The minimum absolute atomic E-state index is 0.170. The van der Waals surface area contributed by atoms with Crippen LogP contribution in [0.3, 0.4) is 0 Å². The van der Waals surface area contributed by atoms with Gasteiger partial charge in [-0.1, -0.05) is 30.3 Å². The predicted molar refractivity (Wildman–Crippen MR) is 134 cm³/mol. The van der Waals surface area contributed by atoms with Gasteiger partial charge in [-0.2, -0.15) is 0 Å². The number of nitrogens with zero attached hydrogens (tertiary/aromatic N) is 1. The van der Waals surface area contributed by atoms with Crippen LogP contribution in [0.5, 0.6) is 5.75 Å². The molecule has 1 heterocycles. The highest BCUT2D eigenvalue weighted by Crippen LogP contribution is 2.38. The zero-order valence-corrected chi connectivity index (χ0v) is 22.2.